The van der Waals surface area contributed by atoms with Crippen molar-refractivity contribution < 1.29 is 122 Å². The van der Waals surface area contributed by atoms with Crippen molar-refractivity contribution in [3.63, 3.8) is 0 Å². The molecule has 0 bridgehead atoms. The number of fused-ring (bicyclic) bond motifs is 6. The summed E-state index contributed by atoms with van der Waals surface area (Å²) < 4.78 is 107. The molecule has 0 unspecified atom stereocenters. The summed E-state index contributed by atoms with van der Waals surface area (Å²) in [7, 11) is -13.8. The van der Waals surface area contributed by atoms with E-state index >= 15 is 0 Å². The molecule has 3 aliphatic rings. The van der Waals surface area contributed by atoms with Gasteiger partial charge in [-0.3, -0.25) is 9.59 Å². The number of unbranched alkanes of at least 4 members (excludes halogenated alkanes) is 3. The molecule has 7 rings (SSSR count). The van der Waals surface area contributed by atoms with Crippen molar-refractivity contribution >= 4 is 86.8 Å². The second-order valence-corrected chi connectivity index (χ2v) is 22.3. The molecule has 21 heteroatoms. The van der Waals surface area contributed by atoms with Crippen LogP contribution in [0.1, 0.15) is 90.2 Å². The molecule has 0 aliphatic carbocycles. The van der Waals surface area contributed by atoms with E-state index in [2.05, 4.69) is 23.3 Å². The molecule has 0 radical (unpaired) electrons. The van der Waals surface area contributed by atoms with Crippen LogP contribution in [0.5, 0.6) is 0 Å². The maximum Gasteiger partial charge on any atom is 1.00 e. The molecule has 3 heterocycles. The number of hydrogen-bond acceptors (Lipinski definition) is 14. The third kappa shape index (κ3) is 12.5. The van der Waals surface area contributed by atoms with E-state index in [-0.39, 0.29) is 94.6 Å². The first-order valence-electron chi connectivity index (χ1n) is 22.1. The molecule has 16 nitrogen and oxygen atoms in total. The summed E-state index contributed by atoms with van der Waals surface area (Å²) in [5, 5.41) is 3.28. The standard InChI is InChI=1S/C49H53N3O13S3.2Na/c1-48(2)41(50(28-12-8-11-17-45(55)65-52-43(53)26-27-44(52)54)39-24-18-33-31-35(67(59,60)61)20-22-37(33)46(39)48)15-9-6-5-7-10-16-42-49(3,4)47-38-23-21-36(68(62,63)64)32-34(38)19-25-40(47)51(42)29-13-14-30-66(56,57)58;;/h5-7,9-10,15-16,18-25,31-32H,8,11-14,17,26-30H2,1-4H3,(H2-,56,57,58,59,60,61,62,63,64);;/q;2*+1/p-2. The van der Waals surface area contributed by atoms with Crippen LogP contribution in [0.2, 0.25) is 0 Å². The summed E-state index contributed by atoms with van der Waals surface area (Å²) in [6, 6.07) is 15.9. The molecule has 2 amide bonds. The van der Waals surface area contributed by atoms with Gasteiger partial charge in [0.25, 0.3) is 11.8 Å². The molecule has 3 aliphatic heterocycles. The smallest absolute Gasteiger partial charge is 0.748 e. The zero-order chi connectivity index (χ0) is 49.4. The Labute approximate surface area is 453 Å². The second-order valence-electron chi connectivity index (χ2n) is 18.0. The van der Waals surface area contributed by atoms with Gasteiger partial charge in [-0.05, 0) is 109 Å². The summed E-state index contributed by atoms with van der Waals surface area (Å²) in [6.45, 7) is 9.14. The van der Waals surface area contributed by atoms with E-state index in [9.17, 15) is 53.3 Å². The third-order valence-electron chi connectivity index (χ3n) is 12.6. The van der Waals surface area contributed by atoms with Gasteiger partial charge in [0.05, 0.1) is 25.3 Å². The number of carbonyl (C=O) groups excluding carboxylic acids is 3. The van der Waals surface area contributed by atoms with Gasteiger partial charge in [0, 0.05) is 72.5 Å². The molecule has 0 saturated carbocycles. The van der Waals surface area contributed by atoms with Crippen molar-refractivity contribution in [1.29, 1.82) is 0 Å². The minimum atomic E-state index is -4.69. The van der Waals surface area contributed by atoms with Crippen molar-refractivity contribution in [3.05, 3.63) is 120 Å². The fourth-order valence-corrected chi connectivity index (χ4v) is 11.1. The minimum absolute atomic E-state index is 0. The van der Waals surface area contributed by atoms with Gasteiger partial charge in [0.15, 0.2) is 5.71 Å². The summed E-state index contributed by atoms with van der Waals surface area (Å²) in [5.41, 5.74) is 4.21. The Balaban J connectivity index is 0.00000456. The van der Waals surface area contributed by atoms with Crippen molar-refractivity contribution in [2.75, 3.05) is 23.7 Å². The average Bonchev–Trinajstić information content (AvgIpc) is 3.77. The third-order valence-corrected chi connectivity index (χ3v) is 15.1. The first-order chi connectivity index (χ1) is 31.9. The van der Waals surface area contributed by atoms with E-state index in [0.717, 1.165) is 44.7 Å². The molecule has 0 spiro atoms. The van der Waals surface area contributed by atoms with Crippen molar-refractivity contribution in [2.24, 2.45) is 0 Å². The van der Waals surface area contributed by atoms with Crippen LogP contribution in [0.3, 0.4) is 0 Å². The molecular weight excluding hydrogens is 981 g/mol. The summed E-state index contributed by atoms with van der Waals surface area (Å²) in [6.07, 6.45) is 15.7. The largest absolute Gasteiger partial charge is 1.00 e. The molecule has 0 aromatic heterocycles. The van der Waals surface area contributed by atoms with E-state index in [1.807, 2.05) is 68.5 Å². The number of nitrogens with zero attached hydrogens (tertiary/aromatic N) is 3. The Hall–Kier alpha value is -3.83. The molecule has 4 aromatic carbocycles. The zero-order valence-electron chi connectivity index (χ0n) is 40.0. The molecule has 1 saturated heterocycles. The van der Waals surface area contributed by atoms with E-state index in [4.69, 9.17) is 4.84 Å². The van der Waals surface area contributed by atoms with Crippen molar-refractivity contribution in [2.45, 2.75) is 99.7 Å². The van der Waals surface area contributed by atoms with Gasteiger partial charge in [-0.15, -0.1) is 5.06 Å². The topological polar surface area (TPSA) is 242 Å². The number of imide groups is 1. The van der Waals surface area contributed by atoms with Gasteiger partial charge in [-0.1, -0.05) is 62.4 Å². The number of benzene rings is 4. The predicted octanol–water partition coefficient (Wildman–Crippen LogP) is 1.03. The summed E-state index contributed by atoms with van der Waals surface area (Å²) in [4.78, 5) is 42.6. The Morgan fingerprint density at radius 2 is 1.26 bits per heavy atom. The van der Waals surface area contributed by atoms with Crippen LogP contribution >= 0.6 is 0 Å². The first kappa shape index (κ1) is 57.1. The van der Waals surface area contributed by atoms with Crippen LogP contribution in [0.15, 0.2) is 119 Å². The number of anilines is 1. The molecular formula is C49H51N3Na2O13S3. The van der Waals surface area contributed by atoms with E-state index < -0.39 is 64.7 Å². The molecule has 360 valence electrons. The van der Waals surface area contributed by atoms with Crippen molar-refractivity contribution in [3.8, 4) is 0 Å². The van der Waals surface area contributed by atoms with Gasteiger partial charge in [0.2, 0.25) is 5.69 Å². The monoisotopic (exact) mass is 1030 g/mol. The molecule has 4 aromatic rings. The summed E-state index contributed by atoms with van der Waals surface area (Å²) >= 11 is 0. The number of hydrogen-bond donors (Lipinski definition) is 0. The van der Waals surface area contributed by atoms with E-state index in [1.165, 1.54) is 24.3 Å². The molecule has 1 fully saturated rings. The minimum Gasteiger partial charge on any atom is -0.748 e. The maximum absolute atomic E-state index is 12.4. The number of allylic oxidation sites excluding steroid dienone is 8. The van der Waals surface area contributed by atoms with E-state index in [0.29, 0.717) is 54.6 Å². The zero-order valence-corrected chi connectivity index (χ0v) is 46.4. The van der Waals surface area contributed by atoms with Gasteiger partial charge in [-0.25, -0.2) is 30.0 Å². The van der Waals surface area contributed by atoms with Gasteiger partial charge in [0.1, 0.15) is 26.8 Å². The normalized spacial score (nSPS) is 17.4. The predicted molar refractivity (Wildman–Crippen MR) is 252 cm³/mol. The van der Waals surface area contributed by atoms with Crippen molar-refractivity contribution in [1.82, 2.24) is 5.06 Å². The molecule has 70 heavy (non-hydrogen) atoms. The van der Waals surface area contributed by atoms with E-state index in [1.54, 1.807) is 24.3 Å². The summed E-state index contributed by atoms with van der Waals surface area (Å²) in [5.74, 6) is -2.23. The Bertz CT molecular complexity index is 3240. The second kappa shape index (κ2) is 22.5. The number of hydroxylamine groups is 2. The number of rotatable bonds is 18. The maximum atomic E-state index is 12.4. The molecule has 0 atom stereocenters. The fourth-order valence-electron chi connectivity index (χ4n) is 9.49. The van der Waals surface area contributed by atoms with Gasteiger partial charge in [-0.2, -0.15) is 4.58 Å². The fraction of sp³-hybridized carbons (Fsp3) is 0.347. The van der Waals surface area contributed by atoms with Crippen LogP contribution in [0.25, 0.3) is 21.5 Å². The molecule has 0 N–H and O–H groups in total. The Kier molecular flexibility index (Phi) is 18.4. The Morgan fingerprint density at radius 3 is 1.86 bits per heavy atom. The van der Waals surface area contributed by atoms with Crippen LogP contribution in [-0.2, 0) is 60.4 Å². The van der Waals surface area contributed by atoms with Gasteiger partial charge >= 0.3 is 65.1 Å². The Morgan fingerprint density at radius 1 is 0.686 bits per heavy atom. The average molecular weight is 1030 g/mol. The SMILES string of the molecule is CC1(C)C(/C=C/C=C/C=C/C=C2/N(CCCCS(=O)(=O)[O-])c3ccc4cc(S(=O)(=O)[O-])ccc4c3C2(C)C)=[N+](CCCCCC(=O)ON2C(=O)CCC2=O)c2ccc3cc(S(=O)(=O)[O-])ccc3c21.[Na+].[Na+]. The van der Waals surface area contributed by atoms with Crippen LogP contribution in [0.4, 0.5) is 11.4 Å². The van der Waals surface area contributed by atoms with Crippen LogP contribution in [0, 0.1) is 0 Å². The van der Waals surface area contributed by atoms with Gasteiger partial charge < -0.3 is 23.4 Å². The number of carbonyl (C=O) groups is 3. The number of amides is 2. The quantitative estimate of drug-likeness (QED) is 0.0338. The first-order valence-corrected chi connectivity index (χ1v) is 26.5. The van der Waals surface area contributed by atoms with Crippen LogP contribution in [-0.4, -0.2) is 90.9 Å². The van der Waals surface area contributed by atoms with Crippen LogP contribution < -0.4 is 64.0 Å².